The van der Waals surface area contributed by atoms with Gasteiger partial charge in [-0.1, -0.05) is 140 Å². The van der Waals surface area contributed by atoms with Crippen LogP contribution >= 0.6 is 0 Å². The zero-order valence-corrected chi connectivity index (χ0v) is 27.3. The minimum atomic E-state index is 0.557. The van der Waals surface area contributed by atoms with Crippen LogP contribution in [0.15, 0.2) is 164 Å². The highest BCUT2D eigenvalue weighted by Crippen LogP contribution is 2.50. The summed E-state index contributed by atoms with van der Waals surface area (Å²) >= 11 is 0. The Morgan fingerprint density at radius 2 is 0.922 bits per heavy atom. The van der Waals surface area contributed by atoms with E-state index in [1.54, 1.807) is 0 Å². The van der Waals surface area contributed by atoms with Crippen LogP contribution < -0.4 is 4.90 Å². The van der Waals surface area contributed by atoms with Crippen molar-refractivity contribution >= 4 is 71.3 Å². The van der Waals surface area contributed by atoms with E-state index in [2.05, 4.69) is 144 Å². The molecule has 1 aliphatic rings. The first kappa shape index (κ1) is 27.9. The molecule has 0 atom stereocenters. The Hall–Kier alpha value is -6.98. The molecular formula is C46H27N5. The van der Waals surface area contributed by atoms with E-state index in [9.17, 15) is 0 Å². The van der Waals surface area contributed by atoms with Crippen molar-refractivity contribution in [3.8, 4) is 34.0 Å². The van der Waals surface area contributed by atoms with Crippen molar-refractivity contribution in [2.75, 3.05) is 4.90 Å². The van der Waals surface area contributed by atoms with E-state index in [4.69, 9.17) is 19.9 Å². The second kappa shape index (κ2) is 10.8. The van der Waals surface area contributed by atoms with Crippen LogP contribution in [0.25, 0.3) is 88.0 Å². The summed E-state index contributed by atoms with van der Waals surface area (Å²) in [6, 6.07) is 57.3. The largest absolute Gasteiger partial charge is 0.278 e. The van der Waals surface area contributed by atoms with Gasteiger partial charge in [-0.05, 0) is 62.0 Å². The van der Waals surface area contributed by atoms with Crippen LogP contribution in [0.1, 0.15) is 0 Å². The molecular weight excluding hydrogens is 623 g/mol. The van der Waals surface area contributed by atoms with E-state index in [0.29, 0.717) is 17.6 Å². The van der Waals surface area contributed by atoms with Crippen molar-refractivity contribution in [2.45, 2.75) is 0 Å². The quantitative estimate of drug-likeness (QED) is 0.178. The summed E-state index contributed by atoms with van der Waals surface area (Å²) in [6.45, 7) is 0. The van der Waals surface area contributed by atoms with Crippen LogP contribution in [-0.4, -0.2) is 19.9 Å². The SMILES string of the molecule is c1ccc(-c2nc(-c3ccc4c5ccccc5c5ccccc5c4c3)nc(N3c4ccccc4-c4nc5ccccc5c5cccc3c45)n2)cc1. The third-order valence-electron chi connectivity index (χ3n) is 10.2. The van der Waals surface area contributed by atoms with Gasteiger partial charge in [-0.3, -0.25) is 4.90 Å². The van der Waals surface area contributed by atoms with E-state index in [1.807, 2.05) is 24.3 Å². The Labute approximate surface area is 293 Å². The van der Waals surface area contributed by atoms with Crippen LogP contribution in [0.2, 0.25) is 0 Å². The van der Waals surface area contributed by atoms with Crippen molar-refractivity contribution < 1.29 is 0 Å². The van der Waals surface area contributed by atoms with Gasteiger partial charge in [-0.2, -0.15) is 9.97 Å². The minimum Gasteiger partial charge on any atom is -0.278 e. The lowest BCUT2D eigenvalue weighted by atomic mass is 9.93. The smallest absolute Gasteiger partial charge is 0.238 e. The zero-order valence-electron chi connectivity index (χ0n) is 27.3. The van der Waals surface area contributed by atoms with Gasteiger partial charge in [-0.15, -0.1) is 0 Å². The third kappa shape index (κ3) is 4.15. The van der Waals surface area contributed by atoms with E-state index < -0.39 is 0 Å². The van der Waals surface area contributed by atoms with E-state index >= 15 is 0 Å². The number of nitrogens with zero attached hydrogens (tertiary/aromatic N) is 5. The van der Waals surface area contributed by atoms with Crippen molar-refractivity contribution in [1.29, 1.82) is 0 Å². The maximum Gasteiger partial charge on any atom is 0.238 e. The second-order valence-corrected chi connectivity index (χ2v) is 13.0. The number of pyridine rings is 1. The van der Waals surface area contributed by atoms with Crippen LogP contribution in [0.4, 0.5) is 17.3 Å². The molecule has 0 saturated heterocycles. The van der Waals surface area contributed by atoms with Crippen LogP contribution in [0.3, 0.4) is 0 Å². The first-order valence-electron chi connectivity index (χ1n) is 17.2. The fourth-order valence-electron chi connectivity index (χ4n) is 7.94. The number of para-hydroxylation sites is 2. The molecule has 2 aromatic heterocycles. The van der Waals surface area contributed by atoms with Crippen molar-refractivity contribution in [1.82, 2.24) is 19.9 Å². The number of anilines is 3. The maximum atomic E-state index is 5.31. The molecule has 0 radical (unpaired) electrons. The molecule has 5 heteroatoms. The molecule has 0 N–H and O–H groups in total. The lowest BCUT2D eigenvalue weighted by molar-refractivity contribution is 1.02. The van der Waals surface area contributed by atoms with Gasteiger partial charge in [-0.25, -0.2) is 9.97 Å². The highest BCUT2D eigenvalue weighted by molar-refractivity contribution is 6.26. The van der Waals surface area contributed by atoms with E-state index in [1.165, 1.54) is 32.3 Å². The Balaban J connectivity index is 1.20. The van der Waals surface area contributed by atoms with Gasteiger partial charge in [0.2, 0.25) is 5.95 Å². The van der Waals surface area contributed by atoms with Gasteiger partial charge in [0.05, 0.1) is 22.6 Å². The third-order valence-corrected chi connectivity index (χ3v) is 10.2. The highest BCUT2D eigenvalue weighted by Gasteiger charge is 2.30. The summed E-state index contributed by atoms with van der Waals surface area (Å²) in [6.07, 6.45) is 0. The van der Waals surface area contributed by atoms with Crippen molar-refractivity contribution in [3.63, 3.8) is 0 Å². The molecule has 0 unspecified atom stereocenters. The standard InChI is InChI=1S/C46H27N5/c1-2-13-28(14-3-1)44-48-45(29-25-26-34-32-17-5-4-15-30(32)31-16-6-7-18-33(31)38(34)27-29)50-46(49-44)51-40-23-11-9-20-37(40)43-42-36(21-12-24-41(42)51)35-19-8-10-22-39(35)47-43/h1-27H. The average Bonchev–Trinajstić information content (AvgIpc) is 3.21. The molecule has 10 aromatic rings. The number of rotatable bonds is 3. The molecule has 11 rings (SSSR count). The number of hydrogen-bond acceptors (Lipinski definition) is 5. The normalized spacial score (nSPS) is 12.3. The first-order valence-corrected chi connectivity index (χ1v) is 17.2. The zero-order chi connectivity index (χ0) is 33.5. The Morgan fingerprint density at radius 3 is 1.69 bits per heavy atom. The fraction of sp³-hybridized carbons (Fsp3) is 0. The molecule has 0 bridgehead atoms. The summed E-state index contributed by atoms with van der Waals surface area (Å²) in [5.41, 5.74) is 6.82. The highest BCUT2D eigenvalue weighted by atomic mass is 15.3. The molecule has 5 nitrogen and oxygen atoms in total. The molecule has 0 saturated carbocycles. The second-order valence-electron chi connectivity index (χ2n) is 13.0. The monoisotopic (exact) mass is 649 g/mol. The molecule has 8 aromatic carbocycles. The summed E-state index contributed by atoms with van der Waals surface area (Å²) < 4.78 is 0. The number of aromatic nitrogens is 4. The van der Waals surface area contributed by atoms with Gasteiger partial charge in [0.25, 0.3) is 0 Å². The van der Waals surface area contributed by atoms with Gasteiger partial charge in [0, 0.05) is 27.5 Å². The average molecular weight is 650 g/mol. The maximum absolute atomic E-state index is 5.31. The summed E-state index contributed by atoms with van der Waals surface area (Å²) in [5, 5.41) is 10.7. The van der Waals surface area contributed by atoms with Crippen LogP contribution in [0, 0.1) is 0 Å². The fourth-order valence-corrected chi connectivity index (χ4v) is 7.94. The van der Waals surface area contributed by atoms with Crippen molar-refractivity contribution in [2.24, 2.45) is 0 Å². The van der Waals surface area contributed by atoms with Gasteiger partial charge < -0.3 is 0 Å². The molecule has 0 aliphatic carbocycles. The predicted molar refractivity (Wildman–Crippen MR) is 210 cm³/mol. The van der Waals surface area contributed by atoms with E-state index in [0.717, 1.165) is 55.4 Å². The van der Waals surface area contributed by atoms with Crippen LogP contribution in [0.5, 0.6) is 0 Å². The van der Waals surface area contributed by atoms with Gasteiger partial charge in [0.15, 0.2) is 11.6 Å². The first-order chi connectivity index (χ1) is 25.3. The molecule has 51 heavy (non-hydrogen) atoms. The molecule has 1 aliphatic heterocycles. The number of benzene rings is 8. The summed E-state index contributed by atoms with van der Waals surface area (Å²) in [5.74, 6) is 1.79. The van der Waals surface area contributed by atoms with Crippen molar-refractivity contribution in [3.05, 3.63) is 164 Å². The van der Waals surface area contributed by atoms with Crippen LogP contribution in [-0.2, 0) is 0 Å². The predicted octanol–water partition coefficient (Wildman–Crippen LogP) is 11.8. The minimum absolute atomic E-state index is 0.557. The Bertz CT molecular complexity index is 3010. The lowest BCUT2D eigenvalue weighted by Crippen LogP contribution is -2.19. The van der Waals surface area contributed by atoms with Gasteiger partial charge in [0.1, 0.15) is 0 Å². The number of hydrogen-bond donors (Lipinski definition) is 0. The summed E-state index contributed by atoms with van der Waals surface area (Å²) in [4.78, 5) is 23.1. The van der Waals surface area contributed by atoms with E-state index in [-0.39, 0.29) is 0 Å². The molecule has 0 spiro atoms. The lowest BCUT2D eigenvalue weighted by Gasteiger charge is -2.31. The molecule has 0 fully saturated rings. The Morgan fingerprint density at radius 1 is 0.353 bits per heavy atom. The van der Waals surface area contributed by atoms with Gasteiger partial charge >= 0.3 is 0 Å². The number of fused-ring (bicyclic) bond motifs is 10. The topological polar surface area (TPSA) is 54.8 Å². The summed E-state index contributed by atoms with van der Waals surface area (Å²) in [7, 11) is 0. The Kier molecular flexibility index (Phi) is 5.89. The molecule has 3 heterocycles. The molecule has 0 amide bonds. The molecule has 236 valence electrons.